The number of thioether (sulfide) groups is 1. The maximum absolute atomic E-state index is 5.74. The van der Waals surface area contributed by atoms with Crippen molar-refractivity contribution in [2.45, 2.75) is 19.3 Å². The lowest BCUT2D eigenvalue weighted by Gasteiger charge is -2.22. The van der Waals surface area contributed by atoms with Gasteiger partial charge in [0.2, 0.25) is 0 Å². The van der Waals surface area contributed by atoms with E-state index in [0.29, 0.717) is 5.17 Å². The van der Waals surface area contributed by atoms with Gasteiger partial charge in [-0.15, -0.1) is 0 Å². The Balaban J connectivity index is 2.26. The maximum atomic E-state index is 5.74. The molecule has 20 heavy (non-hydrogen) atoms. The molecule has 1 atom stereocenters. The van der Waals surface area contributed by atoms with Crippen molar-refractivity contribution in [1.29, 1.82) is 0 Å². The molecule has 0 radical (unpaired) electrons. The molecule has 0 aliphatic heterocycles. The van der Waals surface area contributed by atoms with Gasteiger partial charge >= 0.3 is 0 Å². The molecule has 2 rings (SSSR count). The zero-order chi connectivity index (χ0) is 14.5. The van der Waals surface area contributed by atoms with E-state index >= 15 is 0 Å². The molecule has 1 aromatic heterocycles. The number of nitrogens with zero attached hydrogens (tertiary/aromatic N) is 3. The fourth-order valence-electron chi connectivity index (χ4n) is 2.10. The van der Waals surface area contributed by atoms with Gasteiger partial charge in [0, 0.05) is 12.0 Å². The van der Waals surface area contributed by atoms with E-state index in [9.17, 15) is 0 Å². The van der Waals surface area contributed by atoms with E-state index < -0.39 is 0 Å². The first-order chi connectivity index (χ1) is 9.63. The Hall–Kier alpha value is -1.82. The van der Waals surface area contributed by atoms with Gasteiger partial charge in [-0.1, -0.05) is 17.8 Å². The number of aliphatic imine (C=N–C) groups is 1. The fourth-order valence-corrected chi connectivity index (χ4v) is 2.29. The van der Waals surface area contributed by atoms with Crippen molar-refractivity contribution in [2.24, 2.45) is 10.7 Å². The van der Waals surface area contributed by atoms with Crippen LogP contribution in [0.15, 0.2) is 40.9 Å². The van der Waals surface area contributed by atoms with E-state index in [-0.39, 0.29) is 5.92 Å². The van der Waals surface area contributed by atoms with Crippen molar-refractivity contribution in [3.05, 3.63) is 47.1 Å². The summed E-state index contributed by atoms with van der Waals surface area (Å²) in [6, 6.07) is 2.03. The number of aromatic nitrogens is 2. The van der Waals surface area contributed by atoms with Crippen molar-refractivity contribution in [1.82, 2.24) is 10.2 Å². The summed E-state index contributed by atoms with van der Waals surface area (Å²) < 4.78 is 5.50. The average Bonchev–Trinajstić information content (AvgIpc) is 2.47. The highest BCUT2D eigenvalue weighted by Crippen LogP contribution is 2.33. The lowest BCUT2D eigenvalue weighted by Crippen LogP contribution is -2.11. The number of rotatable bonds is 3. The summed E-state index contributed by atoms with van der Waals surface area (Å²) >= 11 is 1.42. The zero-order valence-corrected chi connectivity index (χ0v) is 12.6. The normalized spacial score (nSPS) is 19.4. The van der Waals surface area contributed by atoms with Crippen molar-refractivity contribution in [3.8, 4) is 0 Å². The van der Waals surface area contributed by atoms with E-state index in [0.717, 1.165) is 29.1 Å². The quantitative estimate of drug-likeness (QED) is 0.683. The molecule has 106 valence electrons. The van der Waals surface area contributed by atoms with Gasteiger partial charge in [-0.2, -0.15) is 10.2 Å². The number of amidine groups is 1. The van der Waals surface area contributed by atoms with Gasteiger partial charge in [0.05, 0.1) is 24.7 Å². The molecule has 0 amide bonds. The van der Waals surface area contributed by atoms with Crippen LogP contribution >= 0.6 is 11.8 Å². The van der Waals surface area contributed by atoms with Crippen LogP contribution < -0.4 is 5.73 Å². The van der Waals surface area contributed by atoms with Crippen LogP contribution in [-0.4, -0.2) is 28.7 Å². The van der Waals surface area contributed by atoms with Crippen LogP contribution in [0.5, 0.6) is 0 Å². The summed E-state index contributed by atoms with van der Waals surface area (Å²) in [6.45, 7) is 1.93. The first-order valence-electron chi connectivity index (χ1n) is 6.27. The van der Waals surface area contributed by atoms with E-state index in [4.69, 9.17) is 10.5 Å². The number of nitrogens with two attached hydrogens (primary N) is 1. The van der Waals surface area contributed by atoms with Crippen molar-refractivity contribution >= 4 is 16.9 Å². The summed E-state index contributed by atoms with van der Waals surface area (Å²) in [7, 11) is 1.67. The second kappa shape index (κ2) is 6.56. The minimum atomic E-state index is 0.156. The topological polar surface area (TPSA) is 73.4 Å². The van der Waals surface area contributed by atoms with Crippen molar-refractivity contribution in [3.63, 3.8) is 0 Å². The second-order valence-electron chi connectivity index (χ2n) is 4.45. The van der Waals surface area contributed by atoms with Gasteiger partial charge in [0.15, 0.2) is 5.17 Å². The molecular weight excluding hydrogens is 272 g/mol. The molecule has 1 heterocycles. The number of hydrogen-bond donors (Lipinski definition) is 1. The number of methoxy groups -OCH3 is 1. The summed E-state index contributed by atoms with van der Waals surface area (Å²) in [4.78, 5) is 4.33. The summed E-state index contributed by atoms with van der Waals surface area (Å²) in [5.41, 5.74) is 8.58. The highest BCUT2D eigenvalue weighted by atomic mass is 32.2. The maximum Gasteiger partial charge on any atom is 0.158 e. The van der Waals surface area contributed by atoms with Gasteiger partial charge in [-0.25, -0.2) is 4.99 Å². The lowest BCUT2D eigenvalue weighted by atomic mass is 9.91. The summed E-state index contributed by atoms with van der Waals surface area (Å²) in [5, 5.41) is 8.53. The molecule has 1 aliphatic rings. The summed E-state index contributed by atoms with van der Waals surface area (Å²) in [6.07, 6.45) is 8.48. The van der Waals surface area contributed by atoms with Crippen LogP contribution in [0, 0.1) is 6.92 Å². The molecule has 0 saturated carbocycles. The first-order valence-corrected chi connectivity index (χ1v) is 7.49. The Kier molecular flexibility index (Phi) is 4.79. The SMILES string of the molecule is COC1=CC(N=C(N)SC)=CCC1c1cnnc(C)c1. The smallest absolute Gasteiger partial charge is 0.158 e. The molecule has 0 bridgehead atoms. The molecule has 5 nitrogen and oxygen atoms in total. The number of hydrogen-bond acceptors (Lipinski definition) is 5. The largest absolute Gasteiger partial charge is 0.500 e. The lowest BCUT2D eigenvalue weighted by molar-refractivity contribution is 0.262. The second-order valence-corrected chi connectivity index (χ2v) is 5.28. The van der Waals surface area contributed by atoms with Gasteiger partial charge < -0.3 is 10.5 Å². The highest BCUT2D eigenvalue weighted by molar-refractivity contribution is 8.13. The van der Waals surface area contributed by atoms with Crippen molar-refractivity contribution < 1.29 is 4.74 Å². The predicted octanol–water partition coefficient (Wildman–Crippen LogP) is 2.36. The average molecular weight is 290 g/mol. The minimum absolute atomic E-state index is 0.156. The third-order valence-electron chi connectivity index (χ3n) is 3.08. The van der Waals surface area contributed by atoms with Gasteiger partial charge in [-0.05, 0) is 31.2 Å². The third-order valence-corrected chi connectivity index (χ3v) is 3.59. The van der Waals surface area contributed by atoms with E-state index in [1.54, 1.807) is 13.3 Å². The molecule has 1 aromatic rings. The van der Waals surface area contributed by atoms with Crippen LogP contribution in [-0.2, 0) is 4.74 Å². The Labute approximate surface area is 123 Å². The predicted molar refractivity (Wildman–Crippen MR) is 82.4 cm³/mol. The molecule has 0 spiro atoms. The molecular formula is C14H18N4OS. The number of ether oxygens (including phenoxy) is 1. The molecule has 1 unspecified atom stereocenters. The van der Waals surface area contributed by atoms with Gasteiger partial charge in [-0.3, -0.25) is 0 Å². The zero-order valence-electron chi connectivity index (χ0n) is 11.8. The number of aryl methyl sites for hydroxylation is 1. The van der Waals surface area contributed by atoms with Crippen LogP contribution in [0.3, 0.4) is 0 Å². The highest BCUT2D eigenvalue weighted by Gasteiger charge is 2.21. The molecule has 0 saturated heterocycles. The van der Waals surface area contributed by atoms with Crippen LogP contribution in [0.2, 0.25) is 0 Å². The summed E-state index contributed by atoms with van der Waals surface area (Å²) in [5.74, 6) is 1.02. The molecule has 0 fully saturated rings. The van der Waals surface area contributed by atoms with Crippen LogP contribution in [0.4, 0.5) is 0 Å². The van der Waals surface area contributed by atoms with E-state index in [1.165, 1.54) is 11.8 Å². The fraction of sp³-hybridized carbons (Fsp3) is 0.357. The molecule has 2 N–H and O–H groups in total. The van der Waals surface area contributed by atoms with Gasteiger partial charge in [0.1, 0.15) is 5.76 Å². The number of allylic oxidation sites excluding steroid dienone is 3. The molecule has 1 aliphatic carbocycles. The third kappa shape index (κ3) is 3.39. The van der Waals surface area contributed by atoms with Crippen LogP contribution in [0.25, 0.3) is 0 Å². The Morgan fingerprint density at radius 1 is 1.55 bits per heavy atom. The van der Waals surface area contributed by atoms with Crippen LogP contribution in [0.1, 0.15) is 23.6 Å². The van der Waals surface area contributed by atoms with Crippen molar-refractivity contribution in [2.75, 3.05) is 13.4 Å². The Morgan fingerprint density at radius 2 is 2.35 bits per heavy atom. The van der Waals surface area contributed by atoms with E-state index in [1.807, 2.05) is 25.3 Å². The first kappa shape index (κ1) is 14.6. The Bertz CT molecular complexity index is 580. The van der Waals surface area contributed by atoms with Gasteiger partial charge in [0.25, 0.3) is 0 Å². The standard InChI is InChI=1S/C14H18N4OS/c1-9-6-10(8-16-18-9)12-5-4-11(7-13(12)19-2)17-14(15)20-3/h4,6-8,12H,5H2,1-3H3,(H2,15,17). The molecule has 6 heteroatoms. The minimum Gasteiger partial charge on any atom is -0.500 e. The monoisotopic (exact) mass is 290 g/mol. The van der Waals surface area contributed by atoms with E-state index in [2.05, 4.69) is 21.3 Å². The molecule has 0 aromatic carbocycles. The Morgan fingerprint density at radius 3 is 3.00 bits per heavy atom.